The van der Waals surface area contributed by atoms with E-state index in [1.165, 1.54) is 7.05 Å². The molecule has 2 aliphatic heterocycles. The van der Waals surface area contributed by atoms with Crippen molar-refractivity contribution < 1.29 is 14.3 Å². The first-order chi connectivity index (χ1) is 12.6. The number of rotatable bonds is 2. The lowest BCUT2D eigenvalue weighted by Gasteiger charge is -2.16. The van der Waals surface area contributed by atoms with Gasteiger partial charge < -0.3 is 4.74 Å². The number of nitrogens with zero attached hydrogens (tertiary/aromatic N) is 2. The predicted molar refractivity (Wildman–Crippen MR) is 98.4 cm³/mol. The standard InChI is InChI=1S/C21H18N2O3/c1-23-20(24)16-13-22-18(15-10-6-3-7-11-15)17(26-19(16)21(23)25)12-14-8-4-2-5-9-14/h2-12,16,19H,13H2,1H3/b17-12-/t16-,19+/m0/s1. The summed E-state index contributed by atoms with van der Waals surface area (Å²) in [7, 11) is 1.49. The van der Waals surface area contributed by atoms with Crippen LogP contribution < -0.4 is 0 Å². The topological polar surface area (TPSA) is 59.0 Å². The van der Waals surface area contributed by atoms with Crippen molar-refractivity contribution in [3.8, 4) is 0 Å². The Bertz CT molecular complexity index is 903. The largest absolute Gasteiger partial charge is 0.477 e. The molecule has 2 amide bonds. The van der Waals surface area contributed by atoms with Crippen molar-refractivity contribution in [3.05, 3.63) is 77.5 Å². The van der Waals surface area contributed by atoms with Crippen molar-refractivity contribution in [2.24, 2.45) is 10.9 Å². The molecule has 2 aromatic carbocycles. The number of ether oxygens (including phenoxy) is 1. The monoisotopic (exact) mass is 346 g/mol. The third-order valence-corrected chi connectivity index (χ3v) is 4.67. The van der Waals surface area contributed by atoms with Crippen molar-refractivity contribution in [3.63, 3.8) is 0 Å². The highest BCUT2D eigenvalue weighted by Crippen LogP contribution is 2.30. The van der Waals surface area contributed by atoms with Gasteiger partial charge >= 0.3 is 0 Å². The van der Waals surface area contributed by atoms with Crippen LogP contribution in [0.4, 0.5) is 0 Å². The number of allylic oxidation sites excluding steroid dienone is 1. The normalized spacial score (nSPS) is 24.1. The third-order valence-electron chi connectivity index (χ3n) is 4.67. The van der Waals surface area contributed by atoms with Crippen LogP contribution in [0, 0.1) is 5.92 Å². The molecule has 0 spiro atoms. The zero-order valence-electron chi connectivity index (χ0n) is 14.3. The summed E-state index contributed by atoms with van der Waals surface area (Å²) in [6.07, 6.45) is 1.04. The Balaban J connectivity index is 1.80. The molecule has 1 saturated heterocycles. The van der Waals surface area contributed by atoms with Crippen LogP contribution in [0.2, 0.25) is 0 Å². The van der Waals surface area contributed by atoms with E-state index in [0.717, 1.165) is 16.0 Å². The fourth-order valence-corrected chi connectivity index (χ4v) is 3.25. The Kier molecular flexibility index (Phi) is 4.13. The highest BCUT2D eigenvalue weighted by Gasteiger charge is 2.49. The molecule has 0 aliphatic carbocycles. The zero-order chi connectivity index (χ0) is 18.1. The Morgan fingerprint density at radius 2 is 1.65 bits per heavy atom. The maximum Gasteiger partial charge on any atom is 0.270 e. The molecule has 130 valence electrons. The Hall–Kier alpha value is -3.21. The quantitative estimate of drug-likeness (QED) is 0.785. The molecule has 2 aromatic rings. The number of aliphatic imine (C=N–C) groups is 1. The summed E-state index contributed by atoms with van der Waals surface area (Å²) in [5, 5.41) is 0. The van der Waals surface area contributed by atoms with E-state index in [0.29, 0.717) is 11.5 Å². The number of carbonyl (C=O) groups is 2. The van der Waals surface area contributed by atoms with Crippen LogP contribution in [-0.4, -0.2) is 42.1 Å². The van der Waals surface area contributed by atoms with E-state index in [4.69, 9.17) is 4.74 Å². The van der Waals surface area contributed by atoms with E-state index in [-0.39, 0.29) is 18.4 Å². The minimum Gasteiger partial charge on any atom is -0.477 e. The Morgan fingerprint density at radius 1 is 1.00 bits per heavy atom. The van der Waals surface area contributed by atoms with Crippen molar-refractivity contribution in [1.29, 1.82) is 0 Å². The van der Waals surface area contributed by atoms with E-state index in [1.54, 1.807) is 0 Å². The van der Waals surface area contributed by atoms with Crippen molar-refractivity contribution in [2.45, 2.75) is 6.10 Å². The van der Waals surface area contributed by atoms with E-state index < -0.39 is 12.0 Å². The van der Waals surface area contributed by atoms with E-state index in [2.05, 4.69) is 4.99 Å². The number of benzene rings is 2. The molecule has 0 N–H and O–H groups in total. The predicted octanol–water partition coefficient (Wildman–Crippen LogP) is 2.53. The lowest BCUT2D eigenvalue weighted by atomic mass is 10.1. The minimum atomic E-state index is -0.826. The average Bonchev–Trinajstić information content (AvgIpc) is 2.82. The first-order valence-corrected chi connectivity index (χ1v) is 8.50. The molecular formula is C21H18N2O3. The van der Waals surface area contributed by atoms with Crippen LogP contribution >= 0.6 is 0 Å². The van der Waals surface area contributed by atoms with Gasteiger partial charge in [0.2, 0.25) is 5.91 Å². The van der Waals surface area contributed by atoms with Crippen LogP contribution in [0.15, 0.2) is 71.4 Å². The van der Waals surface area contributed by atoms with E-state index in [9.17, 15) is 9.59 Å². The van der Waals surface area contributed by atoms with Gasteiger partial charge in [0.25, 0.3) is 5.91 Å². The summed E-state index contributed by atoms with van der Waals surface area (Å²) in [6, 6.07) is 19.4. The number of fused-ring (bicyclic) bond motifs is 1. The number of hydrogen-bond donors (Lipinski definition) is 0. The van der Waals surface area contributed by atoms with Gasteiger partial charge in [-0.2, -0.15) is 0 Å². The number of likely N-dealkylation sites (N-methyl/N-ethyl adjacent to an activating group) is 1. The fraction of sp³-hybridized carbons (Fsp3) is 0.190. The van der Waals surface area contributed by atoms with Crippen molar-refractivity contribution in [2.75, 3.05) is 13.6 Å². The average molecular weight is 346 g/mol. The van der Waals surface area contributed by atoms with Gasteiger partial charge in [-0.3, -0.25) is 19.5 Å². The Morgan fingerprint density at radius 3 is 2.35 bits per heavy atom. The van der Waals surface area contributed by atoms with Gasteiger partial charge in [0.05, 0.1) is 6.54 Å². The highest BCUT2D eigenvalue weighted by molar-refractivity contribution is 6.15. The molecule has 2 heterocycles. The smallest absolute Gasteiger partial charge is 0.270 e. The summed E-state index contributed by atoms with van der Waals surface area (Å²) in [4.78, 5) is 30.6. The van der Waals surface area contributed by atoms with Crippen LogP contribution in [0.25, 0.3) is 6.08 Å². The number of hydrogen-bond acceptors (Lipinski definition) is 4. The lowest BCUT2D eigenvalue weighted by Crippen LogP contribution is -2.30. The fourth-order valence-electron chi connectivity index (χ4n) is 3.25. The Labute approximate surface area is 151 Å². The summed E-state index contributed by atoms with van der Waals surface area (Å²) in [5.74, 6) is -0.625. The van der Waals surface area contributed by atoms with Crippen molar-refractivity contribution >= 4 is 23.6 Å². The van der Waals surface area contributed by atoms with E-state index >= 15 is 0 Å². The highest BCUT2D eigenvalue weighted by atomic mass is 16.5. The third kappa shape index (κ3) is 2.81. The van der Waals surface area contributed by atoms with Gasteiger partial charge in [0.15, 0.2) is 6.10 Å². The van der Waals surface area contributed by atoms with Gasteiger partial charge in [-0.1, -0.05) is 60.7 Å². The SMILES string of the molecule is CN1C(=O)[C@H]2CN=C(c3ccccc3)/C(=C/c3ccccc3)O[C@H]2C1=O. The van der Waals surface area contributed by atoms with Gasteiger partial charge in [-0.25, -0.2) is 0 Å². The van der Waals surface area contributed by atoms with Crippen LogP contribution in [0.5, 0.6) is 0 Å². The van der Waals surface area contributed by atoms with Gasteiger partial charge in [-0.15, -0.1) is 0 Å². The molecule has 0 saturated carbocycles. The maximum atomic E-state index is 12.4. The molecule has 5 nitrogen and oxygen atoms in total. The molecule has 0 unspecified atom stereocenters. The zero-order valence-corrected chi connectivity index (χ0v) is 14.3. The first kappa shape index (κ1) is 16.3. The van der Waals surface area contributed by atoms with Crippen LogP contribution in [0.3, 0.4) is 0 Å². The molecule has 1 fully saturated rings. The van der Waals surface area contributed by atoms with Gasteiger partial charge in [-0.05, 0) is 11.6 Å². The van der Waals surface area contributed by atoms with Crippen LogP contribution in [0.1, 0.15) is 11.1 Å². The molecular weight excluding hydrogens is 328 g/mol. The molecule has 4 rings (SSSR count). The number of amides is 2. The molecule has 26 heavy (non-hydrogen) atoms. The first-order valence-electron chi connectivity index (χ1n) is 8.50. The summed E-state index contributed by atoms with van der Waals surface area (Å²) in [6.45, 7) is 0.232. The second kappa shape index (κ2) is 6.59. The summed E-state index contributed by atoms with van der Waals surface area (Å²) in [5.41, 5.74) is 2.49. The number of likely N-dealkylation sites (tertiary alicyclic amines) is 1. The molecule has 2 aliphatic rings. The maximum absolute atomic E-state index is 12.4. The van der Waals surface area contributed by atoms with Crippen LogP contribution in [-0.2, 0) is 14.3 Å². The summed E-state index contributed by atoms with van der Waals surface area (Å²) >= 11 is 0. The van der Waals surface area contributed by atoms with Gasteiger partial charge in [0, 0.05) is 12.6 Å². The second-order valence-corrected chi connectivity index (χ2v) is 6.36. The second-order valence-electron chi connectivity index (χ2n) is 6.36. The molecule has 2 atom stereocenters. The molecule has 0 aromatic heterocycles. The van der Waals surface area contributed by atoms with Crippen molar-refractivity contribution in [1.82, 2.24) is 4.90 Å². The molecule has 5 heteroatoms. The summed E-state index contributed by atoms with van der Waals surface area (Å²) < 4.78 is 6.08. The minimum absolute atomic E-state index is 0.232. The molecule has 0 radical (unpaired) electrons. The molecule has 0 bridgehead atoms. The number of imide groups is 1. The number of carbonyl (C=O) groups excluding carboxylic acids is 2. The van der Waals surface area contributed by atoms with Gasteiger partial charge in [0.1, 0.15) is 17.4 Å². The lowest BCUT2D eigenvalue weighted by molar-refractivity contribution is -0.139. The van der Waals surface area contributed by atoms with E-state index in [1.807, 2.05) is 66.7 Å².